The molecule has 1 nitrogen and oxygen atoms in total. The maximum atomic E-state index is 10.2. The molecule has 0 aromatic heterocycles. The standard InChI is InChI=1S/C14H18O/c1-2-3-4-7-13-8-5-9-14(12-13)10-6-11-15/h5-6,8-12H,2-4,7H2,1H3. The fourth-order valence-corrected chi connectivity index (χ4v) is 1.58. The van der Waals surface area contributed by atoms with E-state index in [2.05, 4.69) is 19.1 Å². The molecule has 0 aliphatic heterocycles. The van der Waals surface area contributed by atoms with Crippen LogP contribution in [0.3, 0.4) is 0 Å². The molecule has 0 heterocycles. The van der Waals surface area contributed by atoms with E-state index >= 15 is 0 Å². The highest BCUT2D eigenvalue weighted by atomic mass is 16.1. The van der Waals surface area contributed by atoms with Gasteiger partial charge in [0.25, 0.3) is 0 Å². The third kappa shape index (κ3) is 4.59. The van der Waals surface area contributed by atoms with Crippen LogP contribution in [0.25, 0.3) is 6.08 Å². The zero-order valence-electron chi connectivity index (χ0n) is 9.28. The first-order valence-electron chi connectivity index (χ1n) is 5.57. The average molecular weight is 202 g/mol. The van der Waals surface area contributed by atoms with Crippen molar-refractivity contribution in [3.63, 3.8) is 0 Å². The van der Waals surface area contributed by atoms with Gasteiger partial charge in [-0.25, -0.2) is 0 Å². The van der Waals surface area contributed by atoms with Crippen molar-refractivity contribution < 1.29 is 4.79 Å². The summed E-state index contributed by atoms with van der Waals surface area (Å²) in [7, 11) is 0. The van der Waals surface area contributed by atoms with Crippen LogP contribution in [0, 0.1) is 0 Å². The minimum Gasteiger partial charge on any atom is -0.299 e. The van der Waals surface area contributed by atoms with Crippen LogP contribution in [0.4, 0.5) is 0 Å². The molecule has 0 spiro atoms. The molecule has 0 aliphatic carbocycles. The molecule has 0 bridgehead atoms. The highest BCUT2D eigenvalue weighted by Crippen LogP contribution is 2.10. The normalized spacial score (nSPS) is 10.7. The highest BCUT2D eigenvalue weighted by molar-refractivity contribution is 5.73. The maximum absolute atomic E-state index is 10.2. The van der Waals surface area contributed by atoms with E-state index in [1.54, 1.807) is 0 Å². The number of aryl methyl sites for hydroxylation is 1. The predicted molar refractivity (Wildman–Crippen MR) is 64.8 cm³/mol. The van der Waals surface area contributed by atoms with Crippen molar-refractivity contribution in [1.82, 2.24) is 0 Å². The fourth-order valence-electron chi connectivity index (χ4n) is 1.58. The first-order valence-corrected chi connectivity index (χ1v) is 5.57. The Bertz CT molecular complexity index is 326. The number of carbonyl (C=O) groups excluding carboxylic acids is 1. The summed E-state index contributed by atoms with van der Waals surface area (Å²) in [5.41, 5.74) is 2.47. The molecule has 1 heteroatoms. The van der Waals surface area contributed by atoms with E-state index in [1.807, 2.05) is 18.2 Å². The summed E-state index contributed by atoms with van der Waals surface area (Å²) in [6.07, 6.45) is 9.11. The van der Waals surface area contributed by atoms with Gasteiger partial charge in [0.15, 0.2) is 0 Å². The Morgan fingerprint density at radius 1 is 1.27 bits per heavy atom. The molecule has 0 fully saturated rings. The average Bonchev–Trinajstić information content (AvgIpc) is 2.27. The van der Waals surface area contributed by atoms with Gasteiger partial charge in [0.2, 0.25) is 0 Å². The molecule has 0 atom stereocenters. The van der Waals surface area contributed by atoms with Crippen LogP contribution in [0.5, 0.6) is 0 Å². The zero-order valence-corrected chi connectivity index (χ0v) is 9.28. The Hall–Kier alpha value is -1.37. The van der Waals surface area contributed by atoms with E-state index < -0.39 is 0 Å². The van der Waals surface area contributed by atoms with Gasteiger partial charge in [-0.1, -0.05) is 50.1 Å². The van der Waals surface area contributed by atoms with Gasteiger partial charge in [-0.2, -0.15) is 0 Å². The van der Waals surface area contributed by atoms with Crippen LogP contribution in [0.2, 0.25) is 0 Å². The summed E-state index contributed by atoms with van der Waals surface area (Å²) in [6, 6.07) is 8.36. The Balaban J connectivity index is 2.57. The van der Waals surface area contributed by atoms with Gasteiger partial charge in [0.05, 0.1) is 0 Å². The maximum Gasteiger partial charge on any atom is 0.142 e. The molecular formula is C14H18O. The molecule has 15 heavy (non-hydrogen) atoms. The zero-order chi connectivity index (χ0) is 10.9. The molecule has 80 valence electrons. The molecule has 0 saturated carbocycles. The molecule has 1 rings (SSSR count). The number of rotatable bonds is 6. The van der Waals surface area contributed by atoms with Gasteiger partial charge in [0.1, 0.15) is 6.29 Å². The number of carbonyl (C=O) groups is 1. The van der Waals surface area contributed by atoms with E-state index in [1.165, 1.54) is 30.9 Å². The van der Waals surface area contributed by atoms with Crippen LogP contribution >= 0.6 is 0 Å². The Morgan fingerprint density at radius 3 is 2.87 bits per heavy atom. The van der Waals surface area contributed by atoms with E-state index in [9.17, 15) is 4.79 Å². The minimum absolute atomic E-state index is 0.809. The van der Waals surface area contributed by atoms with Crippen molar-refractivity contribution in [3.05, 3.63) is 41.5 Å². The highest BCUT2D eigenvalue weighted by Gasteiger charge is 1.93. The number of hydrogen-bond donors (Lipinski definition) is 0. The smallest absolute Gasteiger partial charge is 0.142 e. The second-order valence-corrected chi connectivity index (χ2v) is 3.70. The predicted octanol–water partition coefficient (Wildman–Crippen LogP) is 3.63. The van der Waals surface area contributed by atoms with Crippen molar-refractivity contribution in [2.45, 2.75) is 32.6 Å². The second kappa shape index (κ2) is 6.99. The summed E-state index contributed by atoms with van der Waals surface area (Å²) in [6.45, 7) is 2.21. The first-order chi connectivity index (χ1) is 7.36. The van der Waals surface area contributed by atoms with Crippen LogP contribution in [0.1, 0.15) is 37.3 Å². The summed E-state index contributed by atoms with van der Waals surface area (Å²) >= 11 is 0. The molecule has 0 saturated heterocycles. The van der Waals surface area contributed by atoms with Gasteiger partial charge in [0, 0.05) is 0 Å². The minimum atomic E-state index is 0.809. The number of benzene rings is 1. The lowest BCUT2D eigenvalue weighted by molar-refractivity contribution is -0.104. The van der Waals surface area contributed by atoms with Gasteiger partial charge in [-0.05, 0) is 30.0 Å². The Labute approximate surface area is 91.8 Å². The lowest BCUT2D eigenvalue weighted by atomic mass is 10.0. The fraction of sp³-hybridized carbons (Fsp3) is 0.357. The monoisotopic (exact) mass is 202 g/mol. The molecule has 0 amide bonds. The third-order valence-corrected chi connectivity index (χ3v) is 2.39. The number of aldehydes is 1. The van der Waals surface area contributed by atoms with E-state index in [4.69, 9.17) is 0 Å². The van der Waals surface area contributed by atoms with E-state index in [0.717, 1.165) is 18.3 Å². The van der Waals surface area contributed by atoms with Crippen LogP contribution in [-0.2, 0) is 11.2 Å². The van der Waals surface area contributed by atoms with Gasteiger partial charge < -0.3 is 0 Å². The Morgan fingerprint density at radius 2 is 2.13 bits per heavy atom. The number of hydrogen-bond acceptors (Lipinski definition) is 1. The number of unbranched alkanes of at least 4 members (excludes halogenated alkanes) is 2. The van der Waals surface area contributed by atoms with Crippen LogP contribution < -0.4 is 0 Å². The molecule has 0 N–H and O–H groups in total. The number of allylic oxidation sites excluding steroid dienone is 1. The summed E-state index contributed by atoms with van der Waals surface area (Å²) < 4.78 is 0. The Kier molecular flexibility index (Phi) is 5.46. The second-order valence-electron chi connectivity index (χ2n) is 3.70. The van der Waals surface area contributed by atoms with Gasteiger partial charge in [-0.3, -0.25) is 4.79 Å². The summed E-state index contributed by atoms with van der Waals surface area (Å²) in [5, 5.41) is 0. The largest absolute Gasteiger partial charge is 0.299 e. The van der Waals surface area contributed by atoms with Crippen LogP contribution in [-0.4, -0.2) is 6.29 Å². The lowest BCUT2D eigenvalue weighted by Crippen LogP contribution is -1.86. The summed E-state index contributed by atoms with van der Waals surface area (Å²) in [4.78, 5) is 10.2. The lowest BCUT2D eigenvalue weighted by Gasteiger charge is -2.01. The third-order valence-electron chi connectivity index (χ3n) is 2.39. The van der Waals surface area contributed by atoms with Gasteiger partial charge >= 0.3 is 0 Å². The first kappa shape index (κ1) is 11.7. The van der Waals surface area contributed by atoms with Crippen molar-refractivity contribution in [2.24, 2.45) is 0 Å². The van der Waals surface area contributed by atoms with Crippen LogP contribution in [0.15, 0.2) is 30.3 Å². The van der Waals surface area contributed by atoms with Crippen molar-refractivity contribution in [1.29, 1.82) is 0 Å². The molecular weight excluding hydrogens is 184 g/mol. The molecule has 0 aliphatic rings. The van der Waals surface area contributed by atoms with E-state index in [0.29, 0.717) is 0 Å². The topological polar surface area (TPSA) is 17.1 Å². The molecule has 1 aromatic carbocycles. The van der Waals surface area contributed by atoms with Gasteiger partial charge in [-0.15, -0.1) is 0 Å². The summed E-state index contributed by atoms with van der Waals surface area (Å²) in [5.74, 6) is 0. The molecule has 0 radical (unpaired) electrons. The molecule has 0 unspecified atom stereocenters. The SMILES string of the molecule is CCCCCc1cccc(C=CC=O)c1. The van der Waals surface area contributed by atoms with Crippen molar-refractivity contribution >= 4 is 12.4 Å². The van der Waals surface area contributed by atoms with Crippen molar-refractivity contribution in [2.75, 3.05) is 0 Å². The quantitative estimate of drug-likeness (QED) is 0.391. The van der Waals surface area contributed by atoms with Crippen molar-refractivity contribution in [3.8, 4) is 0 Å². The molecule has 1 aromatic rings. The van der Waals surface area contributed by atoms with E-state index in [-0.39, 0.29) is 0 Å².